The zero-order valence-corrected chi connectivity index (χ0v) is 14.3. The maximum Gasteiger partial charge on any atom is 0.272 e. The fourth-order valence-corrected chi connectivity index (χ4v) is 3.53. The number of halogens is 1. The Hall–Kier alpha value is -3.48. The molecule has 1 aromatic heterocycles. The summed E-state index contributed by atoms with van der Waals surface area (Å²) in [7, 11) is 0. The van der Waals surface area contributed by atoms with E-state index in [0.29, 0.717) is 13.1 Å². The number of benzene rings is 2. The van der Waals surface area contributed by atoms with Gasteiger partial charge in [0.05, 0.1) is 22.6 Å². The first-order chi connectivity index (χ1) is 13.1. The van der Waals surface area contributed by atoms with Crippen molar-refractivity contribution in [1.29, 1.82) is 0 Å². The van der Waals surface area contributed by atoms with Gasteiger partial charge in [-0.1, -0.05) is 30.3 Å². The molecule has 0 bridgehead atoms. The number of hydrogen-bond acceptors (Lipinski definition) is 3. The Morgan fingerprint density at radius 1 is 1.07 bits per heavy atom. The number of nitrogens with zero attached hydrogens (tertiary/aromatic N) is 3. The summed E-state index contributed by atoms with van der Waals surface area (Å²) in [5.41, 5.74) is 1.33. The smallest absolute Gasteiger partial charge is 0.272 e. The molecule has 1 aliphatic rings. The molecule has 2 aromatic carbocycles. The molecule has 0 N–H and O–H groups in total. The van der Waals surface area contributed by atoms with Crippen LogP contribution in [0.25, 0.3) is 0 Å². The number of carbonyl (C=O) groups excluding carboxylic acids is 1. The quantitative estimate of drug-likeness (QED) is 0.524. The highest BCUT2D eigenvalue weighted by Gasteiger charge is 2.33. The maximum absolute atomic E-state index is 14.4. The monoisotopic (exact) mass is 365 g/mol. The summed E-state index contributed by atoms with van der Waals surface area (Å²) in [6.07, 6.45) is 1.96. The summed E-state index contributed by atoms with van der Waals surface area (Å²) in [5, 5.41) is 10.8. The molecular formula is C20H16FN3O3. The summed E-state index contributed by atoms with van der Waals surface area (Å²) < 4.78 is 16.5. The molecule has 0 spiro atoms. The molecule has 7 heteroatoms. The molecule has 1 amide bonds. The highest BCUT2D eigenvalue weighted by Crippen LogP contribution is 2.34. The van der Waals surface area contributed by atoms with Crippen LogP contribution in [0.5, 0.6) is 0 Å². The van der Waals surface area contributed by atoms with Gasteiger partial charge in [-0.05, 0) is 23.8 Å². The van der Waals surface area contributed by atoms with Crippen LogP contribution in [0.4, 0.5) is 10.1 Å². The summed E-state index contributed by atoms with van der Waals surface area (Å²) in [6.45, 7) is 1.02. The molecule has 27 heavy (non-hydrogen) atoms. The first kappa shape index (κ1) is 17.0. The van der Waals surface area contributed by atoms with Gasteiger partial charge >= 0.3 is 0 Å². The normalized spacial score (nSPS) is 16.0. The van der Waals surface area contributed by atoms with Crippen molar-refractivity contribution in [3.8, 4) is 0 Å². The minimum Gasteiger partial charge on any atom is -0.348 e. The predicted molar refractivity (Wildman–Crippen MR) is 96.8 cm³/mol. The third kappa shape index (κ3) is 2.97. The second kappa shape index (κ2) is 6.68. The standard InChI is InChI=1S/C20H16FN3O3/c21-17-13-15(24(26)27)8-9-16(17)20(25)23-12-11-22-10-4-7-18(22)19(23)14-5-2-1-3-6-14/h1-10,13,19H,11-12H2/t19-/m0/s1. The summed E-state index contributed by atoms with van der Waals surface area (Å²) in [6, 6.07) is 16.2. The lowest BCUT2D eigenvalue weighted by Crippen LogP contribution is -2.42. The average Bonchev–Trinajstić information content (AvgIpc) is 3.16. The van der Waals surface area contributed by atoms with Crippen LogP contribution in [0.3, 0.4) is 0 Å². The number of amides is 1. The molecule has 0 unspecified atom stereocenters. The molecule has 136 valence electrons. The molecule has 2 heterocycles. The first-order valence-electron chi connectivity index (χ1n) is 8.51. The van der Waals surface area contributed by atoms with Gasteiger partial charge in [0.2, 0.25) is 0 Å². The van der Waals surface area contributed by atoms with E-state index in [1.54, 1.807) is 4.90 Å². The van der Waals surface area contributed by atoms with Crippen LogP contribution in [-0.2, 0) is 6.54 Å². The number of carbonyl (C=O) groups is 1. The predicted octanol–water partition coefficient (Wildman–Crippen LogP) is 3.78. The van der Waals surface area contributed by atoms with Gasteiger partial charge in [0, 0.05) is 31.0 Å². The molecule has 1 atom stereocenters. The zero-order chi connectivity index (χ0) is 19.0. The zero-order valence-electron chi connectivity index (χ0n) is 14.3. The van der Waals surface area contributed by atoms with Crippen molar-refractivity contribution in [3.05, 3.63) is 99.6 Å². The lowest BCUT2D eigenvalue weighted by Gasteiger charge is -2.37. The van der Waals surface area contributed by atoms with E-state index in [4.69, 9.17) is 0 Å². The van der Waals surface area contributed by atoms with E-state index in [1.165, 1.54) is 6.07 Å². The molecule has 0 saturated carbocycles. The first-order valence-corrected chi connectivity index (χ1v) is 8.51. The molecule has 0 aliphatic carbocycles. The Morgan fingerprint density at radius 3 is 2.56 bits per heavy atom. The highest BCUT2D eigenvalue weighted by atomic mass is 19.1. The molecular weight excluding hydrogens is 349 g/mol. The van der Waals surface area contributed by atoms with E-state index >= 15 is 0 Å². The summed E-state index contributed by atoms with van der Waals surface area (Å²) in [5.74, 6) is -1.37. The number of hydrogen-bond donors (Lipinski definition) is 0. The van der Waals surface area contributed by atoms with Gasteiger partial charge in [0.1, 0.15) is 5.82 Å². The van der Waals surface area contributed by atoms with Crippen LogP contribution in [0.2, 0.25) is 0 Å². The van der Waals surface area contributed by atoms with Crippen molar-refractivity contribution in [2.24, 2.45) is 0 Å². The Balaban J connectivity index is 1.76. The molecule has 4 rings (SSSR count). The van der Waals surface area contributed by atoms with Crippen molar-refractivity contribution in [2.75, 3.05) is 6.54 Å². The van der Waals surface area contributed by atoms with Crippen LogP contribution in [0.1, 0.15) is 27.7 Å². The number of aromatic nitrogens is 1. The Morgan fingerprint density at radius 2 is 1.85 bits per heavy atom. The van der Waals surface area contributed by atoms with E-state index in [1.807, 2.05) is 48.7 Å². The van der Waals surface area contributed by atoms with Crippen LogP contribution < -0.4 is 0 Å². The lowest BCUT2D eigenvalue weighted by molar-refractivity contribution is -0.385. The van der Waals surface area contributed by atoms with E-state index < -0.39 is 16.6 Å². The van der Waals surface area contributed by atoms with Gasteiger partial charge in [-0.3, -0.25) is 14.9 Å². The van der Waals surface area contributed by atoms with Crippen LogP contribution in [-0.4, -0.2) is 26.8 Å². The van der Waals surface area contributed by atoms with Crippen LogP contribution in [0, 0.1) is 15.9 Å². The van der Waals surface area contributed by atoms with Crippen molar-refractivity contribution < 1.29 is 14.1 Å². The average molecular weight is 365 g/mol. The molecule has 0 fully saturated rings. The lowest BCUT2D eigenvalue weighted by atomic mass is 9.99. The summed E-state index contributed by atoms with van der Waals surface area (Å²) >= 11 is 0. The van der Waals surface area contributed by atoms with E-state index in [-0.39, 0.29) is 17.3 Å². The van der Waals surface area contributed by atoms with Crippen LogP contribution >= 0.6 is 0 Å². The number of fused-ring (bicyclic) bond motifs is 1. The Bertz CT molecular complexity index is 1020. The fourth-order valence-electron chi connectivity index (χ4n) is 3.53. The Labute approximate surface area is 154 Å². The third-order valence-electron chi connectivity index (χ3n) is 4.81. The topological polar surface area (TPSA) is 68.4 Å². The second-order valence-electron chi connectivity index (χ2n) is 6.36. The molecule has 0 radical (unpaired) electrons. The van der Waals surface area contributed by atoms with Gasteiger partial charge in [0.25, 0.3) is 11.6 Å². The molecule has 3 aromatic rings. The van der Waals surface area contributed by atoms with Crippen LogP contribution in [0.15, 0.2) is 66.9 Å². The third-order valence-corrected chi connectivity index (χ3v) is 4.81. The highest BCUT2D eigenvalue weighted by molar-refractivity contribution is 5.95. The second-order valence-corrected chi connectivity index (χ2v) is 6.36. The largest absolute Gasteiger partial charge is 0.348 e. The van der Waals surface area contributed by atoms with E-state index in [9.17, 15) is 19.3 Å². The SMILES string of the molecule is O=C(c1ccc([N+](=O)[O-])cc1F)N1CCn2cccc2[C@@H]1c1ccccc1. The molecule has 0 saturated heterocycles. The van der Waals surface area contributed by atoms with Crippen molar-refractivity contribution in [1.82, 2.24) is 9.47 Å². The van der Waals surface area contributed by atoms with Gasteiger partial charge in [-0.25, -0.2) is 4.39 Å². The van der Waals surface area contributed by atoms with Gasteiger partial charge in [-0.15, -0.1) is 0 Å². The minimum absolute atomic E-state index is 0.165. The van der Waals surface area contributed by atoms with E-state index in [2.05, 4.69) is 4.57 Å². The molecule has 6 nitrogen and oxygen atoms in total. The van der Waals surface area contributed by atoms with Crippen molar-refractivity contribution in [3.63, 3.8) is 0 Å². The molecule has 1 aliphatic heterocycles. The number of nitro benzene ring substituents is 1. The van der Waals surface area contributed by atoms with Gasteiger partial charge in [-0.2, -0.15) is 0 Å². The summed E-state index contributed by atoms with van der Waals surface area (Å²) in [4.78, 5) is 24.9. The fraction of sp³-hybridized carbons (Fsp3) is 0.150. The van der Waals surface area contributed by atoms with E-state index in [0.717, 1.165) is 23.4 Å². The number of nitro groups is 1. The minimum atomic E-state index is -0.887. The van der Waals surface area contributed by atoms with Gasteiger partial charge in [0.15, 0.2) is 0 Å². The Kier molecular flexibility index (Phi) is 4.19. The van der Waals surface area contributed by atoms with Crippen molar-refractivity contribution >= 4 is 11.6 Å². The van der Waals surface area contributed by atoms with Gasteiger partial charge < -0.3 is 9.47 Å². The number of non-ortho nitro benzene ring substituents is 1. The van der Waals surface area contributed by atoms with Crippen molar-refractivity contribution in [2.45, 2.75) is 12.6 Å². The maximum atomic E-state index is 14.4. The number of rotatable bonds is 3.